The zero-order valence-corrected chi connectivity index (χ0v) is 14.2. The Bertz CT molecular complexity index is 581. The molecule has 1 aromatic carbocycles. The zero-order valence-electron chi connectivity index (χ0n) is 14.2. The first-order chi connectivity index (χ1) is 11.4. The zero-order chi connectivity index (χ0) is 17.6. The lowest BCUT2D eigenvalue weighted by Crippen LogP contribution is -2.55. The normalized spacial score (nSPS) is 15.5. The van der Waals surface area contributed by atoms with Crippen LogP contribution in [0.15, 0.2) is 24.3 Å². The van der Waals surface area contributed by atoms with E-state index in [2.05, 4.69) is 19.2 Å². The van der Waals surface area contributed by atoms with Gasteiger partial charge in [0.15, 0.2) is 6.61 Å². The highest BCUT2D eigenvalue weighted by molar-refractivity contribution is 5.80. The summed E-state index contributed by atoms with van der Waals surface area (Å²) >= 11 is 0. The number of amides is 1. The third-order valence-electron chi connectivity index (χ3n) is 3.96. The molecule has 1 amide bonds. The minimum atomic E-state index is -0.897. The molecule has 1 aliphatic carbocycles. The van der Waals surface area contributed by atoms with Crippen LogP contribution in [0.25, 0.3) is 0 Å². The van der Waals surface area contributed by atoms with Crippen LogP contribution >= 0.6 is 0 Å². The van der Waals surface area contributed by atoms with Crippen LogP contribution in [-0.2, 0) is 9.59 Å². The lowest BCUT2D eigenvalue weighted by molar-refractivity contribution is -0.140. The molecule has 1 aromatic rings. The van der Waals surface area contributed by atoms with Gasteiger partial charge in [0.1, 0.15) is 11.5 Å². The van der Waals surface area contributed by atoms with Gasteiger partial charge in [0.25, 0.3) is 5.91 Å². The Morgan fingerprint density at radius 3 is 2.46 bits per heavy atom. The number of carboxylic acids is 1. The van der Waals surface area contributed by atoms with Crippen molar-refractivity contribution in [2.24, 2.45) is 5.92 Å². The number of rotatable bonds is 9. The fraction of sp³-hybridized carbons (Fsp3) is 0.556. The predicted molar refractivity (Wildman–Crippen MR) is 89.2 cm³/mol. The van der Waals surface area contributed by atoms with Crippen LogP contribution in [0.5, 0.6) is 11.5 Å². The van der Waals surface area contributed by atoms with Crippen molar-refractivity contribution in [2.75, 3.05) is 13.2 Å². The molecular weight excluding hydrogens is 310 g/mol. The van der Waals surface area contributed by atoms with Gasteiger partial charge in [-0.25, -0.2) is 0 Å². The second-order valence-corrected chi connectivity index (χ2v) is 6.72. The van der Waals surface area contributed by atoms with Crippen molar-refractivity contribution >= 4 is 11.9 Å². The summed E-state index contributed by atoms with van der Waals surface area (Å²) in [6.07, 6.45) is 2.29. The quantitative estimate of drug-likeness (QED) is 0.724. The molecule has 0 aliphatic heterocycles. The van der Waals surface area contributed by atoms with Crippen LogP contribution in [0, 0.1) is 5.92 Å². The summed E-state index contributed by atoms with van der Waals surface area (Å²) in [5.74, 6) is 0.471. The minimum Gasteiger partial charge on any atom is -0.493 e. The predicted octanol–water partition coefficient (Wildman–Crippen LogP) is 2.61. The van der Waals surface area contributed by atoms with Crippen molar-refractivity contribution in [3.63, 3.8) is 0 Å². The molecule has 0 spiro atoms. The highest BCUT2D eigenvalue weighted by atomic mass is 16.5. The SMILES string of the molecule is CC(C)COc1cccc(OCC(=O)NC2(CC(=O)O)CCC2)c1. The summed E-state index contributed by atoms with van der Waals surface area (Å²) in [4.78, 5) is 23.0. The maximum Gasteiger partial charge on any atom is 0.305 e. The van der Waals surface area contributed by atoms with E-state index in [9.17, 15) is 9.59 Å². The maximum atomic E-state index is 12.0. The second-order valence-electron chi connectivity index (χ2n) is 6.72. The third-order valence-corrected chi connectivity index (χ3v) is 3.96. The van der Waals surface area contributed by atoms with Crippen LogP contribution < -0.4 is 14.8 Å². The number of benzene rings is 1. The largest absolute Gasteiger partial charge is 0.493 e. The van der Waals surface area contributed by atoms with E-state index < -0.39 is 11.5 Å². The lowest BCUT2D eigenvalue weighted by Gasteiger charge is -2.41. The molecule has 24 heavy (non-hydrogen) atoms. The van der Waals surface area contributed by atoms with E-state index in [1.54, 1.807) is 18.2 Å². The van der Waals surface area contributed by atoms with Gasteiger partial charge < -0.3 is 19.9 Å². The molecule has 132 valence electrons. The molecule has 0 heterocycles. The monoisotopic (exact) mass is 335 g/mol. The first-order valence-corrected chi connectivity index (χ1v) is 8.27. The van der Waals surface area contributed by atoms with E-state index >= 15 is 0 Å². The average Bonchev–Trinajstić information content (AvgIpc) is 2.49. The van der Waals surface area contributed by atoms with Gasteiger partial charge in [0.05, 0.1) is 18.6 Å². The number of carbonyl (C=O) groups is 2. The van der Waals surface area contributed by atoms with E-state index in [0.717, 1.165) is 6.42 Å². The second kappa shape index (κ2) is 8.04. The van der Waals surface area contributed by atoms with Crippen LogP contribution in [0.1, 0.15) is 39.5 Å². The summed E-state index contributed by atoms with van der Waals surface area (Å²) in [5.41, 5.74) is -0.603. The fourth-order valence-electron chi connectivity index (χ4n) is 2.64. The molecule has 6 heteroatoms. The van der Waals surface area contributed by atoms with Crippen molar-refractivity contribution in [1.29, 1.82) is 0 Å². The molecule has 2 rings (SSSR count). The number of carbonyl (C=O) groups excluding carboxylic acids is 1. The molecule has 0 aromatic heterocycles. The van der Waals surface area contributed by atoms with Gasteiger partial charge in [-0.2, -0.15) is 0 Å². The average molecular weight is 335 g/mol. The number of carboxylic acid groups (broad SMARTS) is 1. The van der Waals surface area contributed by atoms with Crippen molar-refractivity contribution in [3.8, 4) is 11.5 Å². The van der Waals surface area contributed by atoms with Crippen LogP contribution in [0.2, 0.25) is 0 Å². The number of hydrogen-bond acceptors (Lipinski definition) is 4. The molecule has 0 bridgehead atoms. The van der Waals surface area contributed by atoms with Crippen molar-refractivity contribution in [1.82, 2.24) is 5.32 Å². The van der Waals surface area contributed by atoms with Crippen LogP contribution in [-0.4, -0.2) is 35.7 Å². The molecule has 1 fully saturated rings. The van der Waals surface area contributed by atoms with Crippen molar-refractivity contribution < 1.29 is 24.2 Å². The summed E-state index contributed by atoms with van der Waals surface area (Å²) in [7, 11) is 0. The molecule has 0 radical (unpaired) electrons. The van der Waals surface area contributed by atoms with Gasteiger partial charge in [-0.1, -0.05) is 19.9 Å². The number of nitrogens with one attached hydrogen (secondary N) is 1. The summed E-state index contributed by atoms with van der Waals surface area (Å²) in [6.45, 7) is 4.60. The van der Waals surface area contributed by atoms with E-state index in [-0.39, 0.29) is 18.9 Å². The first kappa shape index (κ1) is 18.1. The highest BCUT2D eigenvalue weighted by Crippen LogP contribution is 2.34. The molecule has 1 saturated carbocycles. The Balaban J connectivity index is 1.83. The molecule has 2 N–H and O–H groups in total. The van der Waals surface area contributed by atoms with Crippen LogP contribution in [0.4, 0.5) is 0 Å². The topological polar surface area (TPSA) is 84.9 Å². The Hall–Kier alpha value is -2.24. The Labute approximate surface area is 142 Å². The van der Waals surface area contributed by atoms with Crippen LogP contribution in [0.3, 0.4) is 0 Å². The van der Waals surface area contributed by atoms with Gasteiger partial charge in [-0.3, -0.25) is 9.59 Å². The summed E-state index contributed by atoms with van der Waals surface area (Å²) < 4.78 is 11.1. The maximum absolute atomic E-state index is 12.0. The third kappa shape index (κ3) is 5.44. The summed E-state index contributed by atoms with van der Waals surface area (Å²) in [6, 6.07) is 7.14. The smallest absolute Gasteiger partial charge is 0.305 e. The molecule has 0 atom stereocenters. The molecule has 0 saturated heterocycles. The lowest BCUT2D eigenvalue weighted by atomic mass is 9.74. The standard InChI is InChI=1S/C18H25NO5/c1-13(2)11-23-14-5-3-6-15(9-14)24-12-16(20)19-18(7-4-8-18)10-17(21)22/h3,5-6,9,13H,4,7-8,10-12H2,1-2H3,(H,19,20)(H,21,22). The van der Waals surface area contributed by atoms with Gasteiger partial charge in [-0.05, 0) is 37.3 Å². The van der Waals surface area contributed by atoms with E-state index in [4.69, 9.17) is 14.6 Å². The van der Waals surface area contributed by atoms with Crippen molar-refractivity contribution in [3.05, 3.63) is 24.3 Å². The van der Waals surface area contributed by atoms with Gasteiger partial charge in [-0.15, -0.1) is 0 Å². The first-order valence-electron chi connectivity index (χ1n) is 8.27. The number of ether oxygens (including phenoxy) is 2. The van der Waals surface area contributed by atoms with Gasteiger partial charge in [0, 0.05) is 6.07 Å². The molecule has 6 nitrogen and oxygen atoms in total. The Morgan fingerprint density at radius 1 is 1.25 bits per heavy atom. The van der Waals surface area contributed by atoms with Gasteiger partial charge in [0.2, 0.25) is 0 Å². The Kier molecular flexibility index (Phi) is 6.06. The molecule has 1 aliphatic rings. The number of hydrogen-bond donors (Lipinski definition) is 2. The minimum absolute atomic E-state index is 0.0444. The highest BCUT2D eigenvalue weighted by Gasteiger charge is 2.40. The Morgan fingerprint density at radius 2 is 1.92 bits per heavy atom. The van der Waals surface area contributed by atoms with E-state index in [0.29, 0.717) is 36.9 Å². The summed E-state index contributed by atoms with van der Waals surface area (Å²) in [5, 5.41) is 11.8. The molecule has 0 unspecified atom stereocenters. The van der Waals surface area contributed by atoms with Crippen molar-refractivity contribution in [2.45, 2.75) is 45.1 Å². The van der Waals surface area contributed by atoms with E-state index in [1.807, 2.05) is 6.07 Å². The number of aliphatic carboxylic acids is 1. The fourth-order valence-corrected chi connectivity index (χ4v) is 2.64. The molecular formula is C18H25NO5. The van der Waals surface area contributed by atoms with Gasteiger partial charge >= 0.3 is 5.97 Å². The van der Waals surface area contributed by atoms with E-state index in [1.165, 1.54) is 0 Å².